The van der Waals surface area contributed by atoms with Crippen LogP contribution >= 0.6 is 27.5 Å². The molecule has 1 heterocycles. The lowest BCUT2D eigenvalue weighted by molar-refractivity contribution is 0.0696. The predicted octanol–water partition coefficient (Wildman–Crippen LogP) is 6.32. The SMILES string of the molecule is CCCc1nc2ccc(Br)cc2c(=O)n1N=Cc1cc(Cl)c(OCc2cccc(C(=O)O)c2)c(OCC)c1. The first-order valence-electron chi connectivity index (χ1n) is 12.0. The molecular formula is C28H25BrClN3O5. The van der Waals surface area contributed by atoms with E-state index in [1.165, 1.54) is 17.0 Å². The van der Waals surface area contributed by atoms with Crippen LogP contribution in [0.3, 0.4) is 0 Å². The molecule has 4 rings (SSSR count). The molecule has 0 spiro atoms. The maximum atomic E-state index is 13.3. The van der Waals surface area contributed by atoms with Crippen LogP contribution in [-0.4, -0.2) is 33.6 Å². The van der Waals surface area contributed by atoms with Crippen LogP contribution < -0.4 is 15.0 Å². The molecule has 0 unspecified atom stereocenters. The van der Waals surface area contributed by atoms with Crippen molar-refractivity contribution in [2.45, 2.75) is 33.3 Å². The van der Waals surface area contributed by atoms with Gasteiger partial charge in [-0.1, -0.05) is 46.6 Å². The molecule has 0 radical (unpaired) electrons. The van der Waals surface area contributed by atoms with Gasteiger partial charge in [-0.25, -0.2) is 9.78 Å². The maximum absolute atomic E-state index is 13.3. The zero-order chi connectivity index (χ0) is 27.2. The molecular weight excluding hydrogens is 574 g/mol. The third kappa shape index (κ3) is 6.23. The summed E-state index contributed by atoms with van der Waals surface area (Å²) in [5.41, 5.74) is 1.79. The lowest BCUT2D eigenvalue weighted by atomic mass is 10.1. The summed E-state index contributed by atoms with van der Waals surface area (Å²) in [6.45, 7) is 4.31. The van der Waals surface area contributed by atoms with Crippen molar-refractivity contribution in [1.82, 2.24) is 9.66 Å². The maximum Gasteiger partial charge on any atom is 0.335 e. The number of aryl methyl sites for hydroxylation is 1. The van der Waals surface area contributed by atoms with Gasteiger partial charge in [0, 0.05) is 10.9 Å². The summed E-state index contributed by atoms with van der Waals surface area (Å²) in [5, 5.41) is 14.4. The van der Waals surface area contributed by atoms with E-state index in [4.69, 9.17) is 21.1 Å². The fourth-order valence-electron chi connectivity index (χ4n) is 3.84. The van der Waals surface area contributed by atoms with Gasteiger partial charge in [0.25, 0.3) is 5.56 Å². The van der Waals surface area contributed by atoms with Crippen LogP contribution in [0.15, 0.2) is 69.0 Å². The summed E-state index contributed by atoms with van der Waals surface area (Å²) in [4.78, 5) is 29.2. The van der Waals surface area contributed by atoms with Crippen molar-refractivity contribution < 1.29 is 19.4 Å². The fraction of sp³-hybridized carbons (Fsp3) is 0.214. The molecule has 0 saturated carbocycles. The predicted molar refractivity (Wildman–Crippen MR) is 151 cm³/mol. The lowest BCUT2D eigenvalue weighted by Crippen LogP contribution is -2.22. The highest BCUT2D eigenvalue weighted by atomic mass is 79.9. The molecule has 1 aromatic heterocycles. The number of ether oxygens (including phenoxy) is 2. The number of benzene rings is 3. The van der Waals surface area contributed by atoms with Crippen molar-refractivity contribution in [2.75, 3.05) is 6.61 Å². The Morgan fingerprint density at radius 3 is 2.71 bits per heavy atom. The van der Waals surface area contributed by atoms with E-state index >= 15 is 0 Å². The van der Waals surface area contributed by atoms with Crippen LogP contribution in [0.5, 0.6) is 11.5 Å². The van der Waals surface area contributed by atoms with E-state index in [2.05, 4.69) is 26.0 Å². The van der Waals surface area contributed by atoms with Gasteiger partial charge >= 0.3 is 5.97 Å². The molecule has 196 valence electrons. The van der Waals surface area contributed by atoms with E-state index in [0.29, 0.717) is 52.4 Å². The minimum Gasteiger partial charge on any atom is -0.490 e. The summed E-state index contributed by atoms with van der Waals surface area (Å²) in [6, 6.07) is 15.2. The van der Waals surface area contributed by atoms with Crippen LogP contribution in [0.2, 0.25) is 5.02 Å². The lowest BCUT2D eigenvalue weighted by Gasteiger charge is -2.15. The Hall–Kier alpha value is -3.69. The molecule has 0 amide bonds. The highest BCUT2D eigenvalue weighted by Crippen LogP contribution is 2.37. The van der Waals surface area contributed by atoms with Crippen LogP contribution in [0.25, 0.3) is 10.9 Å². The Kier molecular flexibility index (Phi) is 8.81. The molecule has 0 fully saturated rings. The number of hydrogen-bond acceptors (Lipinski definition) is 6. The van der Waals surface area contributed by atoms with Crippen molar-refractivity contribution >= 4 is 50.6 Å². The van der Waals surface area contributed by atoms with Gasteiger partial charge in [-0.05, 0) is 66.9 Å². The number of aromatic nitrogens is 2. The Labute approximate surface area is 232 Å². The van der Waals surface area contributed by atoms with Gasteiger partial charge in [0.05, 0.1) is 34.3 Å². The third-order valence-electron chi connectivity index (χ3n) is 5.56. The smallest absolute Gasteiger partial charge is 0.335 e. The Morgan fingerprint density at radius 1 is 1.16 bits per heavy atom. The molecule has 0 aliphatic rings. The van der Waals surface area contributed by atoms with Crippen LogP contribution in [0.4, 0.5) is 0 Å². The Balaban J connectivity index is 1.67. The van der Waals surface area contributed by atoms with E-state index in [1.54, 1.807) is 42.5 Å². The van der Waals surface area contributed by atoms with E-state index < -0.39 is 5.97 Å². The van der Waals surface area contributed by atoms with Crippen LogP contribution in [0, 0.1) is 0 Å². The van der Waals surface area contributed by atoms with E-state index in [9.17, 15) is 14.7 Å². The van der Waals surface area contributed by atoms with Gasteiger partial charge in [-0.15, -0.1) is 0 Å². The van der Waals surface area contributed by atoms with Crippen molar-refractivity contribution in [2.24, 2.45) is 5.10 Å². The summed E-state index contributed by atoms with van der Waals surface area (Å²) < 4.78 is 13.8. The first-order chi connectivity index (χ1) is 18.3. The molecule has 0 saturated heterocycles. The number of carboxylic acid groups (broad SMARTS) is 1. The number of aromatic carboxylic acids is 1. The monoisotopic (exact) mass is 597 g/mol. The van der Waals surface area contributed by atoms with Gasteiger partial charge < -0.3 is 14.6 Å². The number of carboxylic acids is 1. The number of rotatable bonds is 10. The van der Waals surface area contributed by atoms with E-state index in [1.807, 2.05) is 19.9 Å². The molecule has 38 heavy (non-hydrogen) atoms. The molecule has 4 aromatic rings. The van der Waals surface area contributed by atoms with Crippen molar-refractivity contribution in [1.29, 1.82) is 0 Å². The van der Waals surface area contributed by atoms with Gasteiger partial charge in [0.2, 0.25) is 0 Å². The second kappa shape index (κ2) is 12.2. The van der Waals surface area contributed by atoms with Crippen molar-refractivity contribution in [3.8, 4) is 11.5 Å². The van der Waals surface area contributed by atoms with E-state index in [0.717, 1.165) is 10.9 Å². The third-order valence-corrected chi connectivity index (χ3v) is 6.33. The molecule has 0 aliphatic heterocycles. The Bertz CT molecular complexity index is 1590. The summed E-state index contributed by atoms with van der Waals surface area (Å²) in [6.07, 6.45) is 2.91. The molecule has 10 heteroatoms. The molecule has 0 aliphatic carbocycles. The van der Waals surface area contributed by atoms with Gasteiger partial charge in [-0.3, -0.25) is 4.79 Å². The summed E-state index contributed by atoms with van der Waals surface area (Å²) >= 11 is 9.97. The standard InChI is InChI=1S/C28H25BrClN3O5/c1-3-6-25-32-23-10-9-20(29)14-21(23)27(34)33(25)31-15-18-12-22(30)26(24(13-18)37-4-2)38-16-17-7-5-8-19(11-17)28(35)36/h5,7-15H,3-4,6,16H2,1-2H3,(H,35,36). The largest absolute Gasteiger partial charge is 0.490 e. The van der Waals surface area contributed by atoms with Crippen molar-refractivity contribution in [3.05, 3.63) is 97.0 Å². The summed E-state index contributed by atoms with van der Waals surface area (Å²) in [7, 11) is 0. The average Bonchev–Trinajstić information content (AvgIpc) is 2.89. The van der Waals surface area contributed by atoms with Crippen LogP contribution in [0.1, 0.15) is 47.6 Å². The topological polar surface area (TPSA) is 103 Å². The highest BCUT2D eigenvalue weighted by Gasteiger charge is 2.14. The number of nitrogens with zero attached hydrogens (tertiary/aromatic N) is 3. The first-order valence-corrected chi connectivity index (χ1v) is 13.1. The normalized spacial score (nSPS) is 11.3. The van der Waals surface area contributed by atoms with Gasteiger partial charge in [0.1, 0.15) is 12.4 Å². The first kappa shape index (κ1) is 27.3. The molecule has 1 N–H and O–H groups in total. The quantitative estimate of drug-likeness (QED) is 0.214. The molecule has 8 nitrogen and oxygen atoms in total. The van der Waals surface area contributed by atoms with E-state index in [-0.39, 0.29) is 22.8 Å². The zero-order valence-electron chi connectivity index (χ0n) is 20.8. The second-order valence-electron chi connectivity index (χ2n) is 8.36. The summed E-state index contributed by atoms with van der Waals surface area (Å²) in [5.74, 6) is 0.271. The van der Waals surface area contributed by atoms with Crippen molar-refractivity contribution in [3.63, 3.8) is 0 Å². The number of hydrogen-bond donors (Lipinski definition) is 1. The number of carbonyl (C=O) groups is 1. The van der Waals surface area contributed by atoms with Crippen LogP contribution in [-0.2, 0) is 13.0 Å². The number of fused-ring (bicyclic) bond motifs is 1. The average molecular weight is 599 g/mol. The minimum absolute atomic E-state index is 0.0996. The second-order valence-corrected chi connectivity index (χ2v) is 9.68. The number of halogens is 2. The zero-order valence-corrected chi connectivity index (χ0v) is 23.1. The molecule has 0 bridgehead atoms. The minimum atomic E-state index is -1.01. The molecule has 0 atom stereocenters. The van der Waals surface area contributed by atoms with Gasteiger partial charge in [-0.2, -0.15) is 9.78 Å². The van der Waals surface area contributed by atoms with Gasteiger partial charge in [0.15, 0.2) is 11.5 Å². The fourth-order valence-corrected chi connectivity index (χ4v) is 4.47. The molecule has 3 aromatic carbocycles. The highest BCUT2D eigenvalue weighted by molar-refractivity contribution is 9.10. The Morgan fingerprint density at radius 2 is 1.97 bits per heavy atom.